The molecule has 0 bridgehead atoms. The zero-order valence-corrected chi connectivity index (χ0v) is 18.1. The van der Waals surface area contributed by atoms with Gasteiger partial charge in [-0.15, -0.1) is 0 Å². The van der Waals surface area contributed by atoms with Gasteiger partial charge in [-0.25, -0.2) is 8.42 Å². The van der Waals surface area contributed by atoms with Gasteiger partial charge in [0, 0.05) is 26.2 Å². The van der Waals surface area contributed by atoms with Crippen molar-refractivity contribution in [1.29, 1.82) is 0 Å². The predicted octanol–water partition coefficient (Wildman–Crippen LogP) is 2.11. The number of aliphatic hydroxyl groups excluding tert-OH is 1. The third-order valence-corrected chi connectivity index (χ3v) is 8.43. The van der Waals surface area contributed by atoms with Crippen LogP contribution in [0.15, 0.2) is 29.2 Å². The van der Waals surface area contributed by atoms with Crippen molar-refractivity contribution in [3.05, 3.63) is 29.8 Å². The highest BCUT2D eigenvalue weighted by atomic mass is 32.2. The van der Waals surface area contributed by atoms with Gasteiger partial charge >= 0.3 is 0 Å². The monoisotopic (exact) mass is 410 g/mol. The Labute approximate surface area is 169 Å². The van der Waals surface area contributed by atoms with E-state index in [-0.39, 0.29) is 24.5 Å². The fourth-order valence-electron chi connectivity index (χ4n) is 4.87. The normalized spacial score (nSPS) is 29.6. The first-order chi connectivity index (χ1) is 13.4. The number of aliphatic hydroxyl groups is 1. The molecule has 0 amide bonds. The van der Waals surface area contributed by atoms with Crippen molar-refractivity contribution in [2.75, 3.05) is 40.0 Å². The number of ether oxygens (including phenoxy) is 1. The van der Waals surface area contributed by atoms with E-state index in [4.69, 9.17) is 4.74 Å². The van der Waals surface area contributed by atoms with Crippen molar-refractivity contribution < 1.29 is 18.3 Å². The number of sulfonamides is 1. The van der Waals surface area contributed by atoms with Gasteiger partial charge in [0.05, 0.1) is 24.2 Å². The Hall–Kier alpha value is -0.990. The zero-order chi connectivity index (χ0) is 20.3. The highest BCUT2D eigenvalue weighted by Crippen LogP contribution is 2.37. The molecule has 3 rings (SSSR count). The number of rotatable bonds is 8. The van der Waals surface area contributed by atoms with Gasteiger partial charge in [0.1, 0.15) is 0 Å². The van der Waals surface area contributed by atoms with E-state index in [1.165, 1.54) is 0 Å². The van der Waals surface area contributed by atoms with Crippen molar-refractivity contribution in [2.24, 2.45) is 11.8 Å². The topological polar surface area (TPSA) is 70.1 Å². The van der Waals surface area contributed by atoms with E-state index in [0.29, 0.717) is 24.1 Å². The van der Waals surface area contributed by atoms with Crippen LogP contribution in [-0.4, -0.2) is 74.8 Å². The largest absolute Gasteiger partial charge is 0.395 e. The summed E-state index contributed by atoms with van der Waals surface area (Å²) >= 11 is 0. The molecule has 2 aliphatic heterocycles. The Morgan fingerprint density at radius 2 is 1.96 bits per heavy atom. The molecule has 0 aromatic heterocycles. The van der Waals surface area contributed by atoms with E-state index in [1.807, 2.05) is 19.1 Å². The summed E-state index contributed by atoms with van der Waals surface area (Å²) in [5.74, 6) is 0.383. The highest BCUT2D eigenvalue weighted by Gasteiger charge is 2.47. The van der Waals surface area contributed by atoms with Crippen molar-refractivity contribution in [3.8, 4) is 0 Å². The molecule has 4 atom stereocenters. The van der Waals surface area contributed by atoms with E-state index >= 15 is 0 Å². The maximum atomic E-state index is 13.3. The van der Waals surface area contributed by atoms with Crippen LogP contribution in [0.1, 0.15) is 31.7 Å². The number of methoxy groups -OCH3 is 1. The molecule has 2 fully saturated rings. The molecule has 0 spiro atoms. The Bertz CT molecular complexity index is 737. The lowest BCUT2D eigenvalue weighted by Crippen LogP contribution is -2.45. The molecule has 0 saturated carbocycles. The molecular weight excluding hydrogens is 376 g/mol. The number of aryl methyl sites for hydroxylation is 1. The SMILES string of the molecule is CC[C@@H]1CN(S(=O)(=O)c2ccc(C)cc2)[C@H](CO)[C@@H]1CN1CCC[C@@H]1COC. The van der Waals surface area contributed by atoms with E-state index < -0.39 is 10.0 Å². The number of likely N-dealkylation sites (tertiary alicyclic amines) is 1. The Kier molecular flexibility index (Phi) is 7.15. The fourth-order valence-corrected chi connectivity index (χ4v) is 6.59. The minimum Gasteiger partial charge on any atom is -0.395 e. The molecule has 2 saturated heterocycles. The van der Waals surface area contributed by atoms with Crippen LogP contribution in [0.3, 0.4) is 0 Å². The molecule has 0 unspecified atom stereocenters. The maximum absolute atomic E-state index is 13.3. The molecule has 1 aromatic rings. The lowest BCUT2D eigenvalue weighted by Gasteiger charge is -2.32. The van der Waals surface area contributed by atoms with E-state index in [1.54, 1.807) is 23.5 Å². The van der Waals surface area contributed by atoms with Gasteiger partial charge in [0.2, 0.25) is 10.0 Å². The minimum absolute atomic E-state index is 0.132. The van der Waals surface area contributed by atoms with Crippen molar-refractivity contribution in [1.82, 2.24) is 9.21 Å². The van der Waals surface area contributed by atoms with Crippen LogP contribution in [0.4, 0.5) is 0 Å². The molecule has 1 aromatic carbocycles. The van der Waals surface area contributed by atoms with Crippen LogP contribution < -0.4 is 0 Å². The van der Waals surface area contributed by atoms with Gasteiger partial charge in [-0.3, -0.25) is 4.90 Å². The van der Waals surface area contributed by atoms with Crippen LogP contribution in [0.2, 0.25) is 0 Å². The molecule has 0 aliphatic carbocycles. The van der Waals surface area contributed by atoms with Crippen LogP contribution in [0.5, 0.6) is 0 Å². The van der Waals surface area contributed by atoms with E-state index in [0.717, 1.165) is 37.9 Å². The number of benzene rings is 1. The summed E-state index contributed by atoms with van der Waals surface area (Å²) in [4.78, 5) is 2.74. The Morgan fingerprint density at radius 1 is 1.25 bits per heavy atom. The molecular formula is C21H34N2O4S. The van der Waals surface area contributed by atoms with Crippen LogP contribution >= 0.6 is 0 Å². The average Bonchev–Trinajstić information content (AvgIpc) is 3.27. The number of nitrogens with zero attached hydrogens (tertiary/aromatic N) is 2. The number of hydrogen-bond donors (Lipinski definition) is 1. The summed E-state index contributed by atoms with van der Waals surface area (Å²) in [5.41, 5.74) is 1.03. The molecule has 158 valence electrons. The smallest absolute Gasteiger partial charge is 0.243 e. The summed E-state index contributed by atoms with van der Waals surface area (Å²) in [5, 5.41) is 10.2. The van der Waals surface area contributed by atoms with Crippen LogP contribution in [0, 0.1) is 18.8 Å². The summed E-state index contributed by atoms with van der Waals surface area (Å²) in [6.07, 6.45) is 3.17. The third-order valence-electron chi connectivity index (χ3n) is 6.53. The maximum Gasteiger partial charge on any atom is 0.243 e. The van der Waals surface area contributed by atoms with Crippen LogP contribution in [0.25, 0.3) is 0 Å². The molecule has 0 radical (unpaired) electrons. The predicted molar refractivity (Wildman–Crippen MR) is 110 cm³/mol. The van der Waals surface area contributed by atoms with Gasteiger partial charge in [-0.1, -0.05) is 31.0 Å². The van der Waals surface area contributed by atoms with E-state index in [9.17, 15) is 13.5 Å². The molecule has 2 heterocycles. The standard InChI is InChI=1S/C21H34N2O4S/c1-4-17-12-23(28(25,26)19-9-7-16(2)8-10-19)21(14-24)20(17)13-22-11-5-6-18(22)15-27-3/h7-10,17-18,20-21,24H,4-6,11-15H2,1-3H3/t17-,18-,20-,21-/m1/s1. The van der Waals surface area contributed by atoms with Crippen LogP contribution in [-0.2, 0) is 14.8 Å². The second-order valence-electron chi connectivity index (χ2n) is 8.22. The molecule has 1 N–H and O–H groups in total. The quantitative estimate of drug-likeness (QED) is 0.711. The van der Waals surface area contributed by atoms with Gasteiger partial charge in [-0.05, 0) is 50.3 Å². The first-order valence-corrected chi connectivity index (χ1v) is 11.8. The Morgan fingerprint density at radius 3 is 2.57 bits per heavy atom. The first kappa shape index (κ1) is 21.7. The lowest BCUT2D eigenvalue weighted by molar-refractivity contribution is 0.0875. The van der Waals surface area contributed by atoms with Gasteiger partial charge < -0.3 is 9.84 Å². The second kappa shape index (κ2) is 9.22. The molecule has 6 nitrogen and oxygen atoms in total. The van der Waals surface area contributed by atoms with Crippen molar-refractivity contribution >= 4 is 10.0 Å². The fraction of sp³-hybridized carbons (Fsp3) is 0.714. The number of hydrogen-bond acceptors (Lipinski definition) is 5. The summed E-state index contributed by atoms with van der Waals surface area (Å²) in [7, 11) is -1.89. The van der Waals surface area contributed by atoms with E-state index in [2.05, 4.69) is 11.8 Å². The summed E-state index contributed by atoms with van der Waals surface area (Å²) in [6, 6.07) is 7.01. The third kappa shape index (κ3) is 4.28. The van der Waals surface area contributed by atoms with Crippen molar-refractivity contribution in [2.45, 2.75) is 50.1 Å². The first-order valence-electron chi connectivity index (χ1n) is 10.3. The summed E-state index contributed by atoms with van der Waals surface area (Å²) < 4.78 is 33.5. The lowest BCUT2D eigenvalue weighted by atomic mass is 9.88. The molecule has 2 aliphatic rings. The molecule has 28 heavy (non-hydrogen) atoms. The van der Waals surface area contributed by atoms with Gasteiger partial charge in [0.15, 0.2) is 0 Å². The van der Waals surface area contributed by atoms with Gasteiger partial charge in [0.25, 0.3) is 0 Å². The molecule has 7 heteroatoms. The average molecular weight is 411 g/mol. The second-order valence-corrected chi connectivity index (χ2v) is 10.1. The Balaban J connectivity index is 1.83. The summed E-state index contributed by atoms with van der Waals surface area (Å²) in [6.45, 7) is 6.93. The highest BCUT2D eigenvalue weighted by molar-refractivity contribution is 7.89. The van der Waals surface area contributed by atoms with Gasteiger partial charge in [-0.2, -0.15) is 4.31 Å². The van der Waals surface area contributed by atoms with Crippen molar-refractivity contribution in [3.63, 3.8) is 0 Å². The minimum atomic E-state index is -3.62. The zero-order valence-electron chi connectivity index (χ0n) is 17.3.